The number of fused-ring (bicyclic) bond motifs is 2. The Hall–Kier alpha value is -1.36. The van der Waals surface area contributed by atoms with Crippen molar-refractivity contribution in [1.82, 2.24) is 9.80 Å². The Bertz CT molecular complexity index is 623. The molecular weight excluding hydrogens is 328 g/mol. The Labute approximate surface area is 156 Å². The molecule has 1 saturated carbocycles. The van der Waals surface area contributed by atoms with Gasteiger partial charge in [-0.2, -0.15) is 0 Å². The predicted molar refractivity (Wildman–Crippen MR) is 99.4 cm³/mol. The van der Waals surface area contributed by atoms with Crippen LogP contribution >= 0.6 is 0 Å². The summed E-state index contributed by atoms with van der Waals surface area (Å²) >= 11 is 0. The van der Waals surface area contributed by atoms with Crippen LogP contribution < -0.4 is 0 Å². The lowest BCUT2D eigenvalue weighted by Gasteiger charge is -2.46. The summed E-state index contributed by atoms with van der Waals surface area (Å²) in [5.41, 5.74) is 1.80. The van der Waals surface area contributed by atoms with Gasteiger partial charge < -0.3 is 9.64 Å². The number of nitrogens with zero attached hydrogens (tertiary/aromatic N) is 2. The summed E-state index contributed by atoms with van der Waals surface area (Å²) in [6.07, 6.45) is 7.26. The molecule has 4 aliphatic rings. The van der Waals surface area contributed by atoms with E-state index < -0.39 is 0 Å². The molecule has 4 rings (SSSR count). The summed E-state index contributed by atoms with van der Waals surface area (Å²) < 4.78 is 5.85. The fourth-order valence-electron chi connectivity index (χ4n) is 5.78. The van der Waals surface area contributed by atoms with E-state index in [1.165, 1.54) is 19.3 Å². The molecule has 5 atom stereocenters. The van der Waals surface area contributed by atoms with Crippen LogP contribution in [-0.4, -0.2) is 60.5 Å². The largest absolute Gasteiger partial charge is 0.461 e. The van der Waals surface area contributed by atoms with Gasteiger partial charge in [0, 0.05) is 45.6 Å². The first kappa shape index (κ1) is 18.0. The second-order valence-corrected chi connectivity index (χ2v) is 9.15. The van der Waals surface area contributed by atoms with Crippen LogP contribution in [0.3, 0.4) is 0 Å². The molecule has 2 saturated heterocycles. The lowest BCUT2D eigenvalue weighted by Crippen LogP contribution is -2.50. The van der Waals surface area contributed by atoms with Crippen LogP contribution in [0.2, 0.25) is 0 Å². The van der Waals surface area contributed by atoms with E-state index in [1.807, 2.05) is 4.90 Å². The molecule has 0 spiro atoms. The number of hydrogen-bond acceptors (Lipinski definition) is 4. The van der Waals surface area contributed by atoms with E-state index in [4.69, 9.17) is 4.74 Å². The molecule has 0 aromatic rings. The second-order valence-electron chi connectivity index (χ2n) is 9.15. The molecule has 1 amide bonds. The Kier molecular flexibility index (Phi) is 4.62. The minimum absolute atomic E-state index is 0.0132. The monoisotopic (exact) mass is 360 g/mol. The van der Waals surface area contributed by atoms with E-state index in [1.54, 1.807) is 12.5 Å². The molecule has 5 heteroatoms. The fraction of sp³-hybridized carbons (Fsp3) is 0.810. The maximum Gasteiger partial charge on any atom is 0.311 e. The van der Waals surface area contributed by atoms with Gasteiger partial charge in [0.15, 0.2) is 0 Å². The highest BCUT2D eigenvalue weighted by atomic mass is 16.6. The van der Waals surface area contributed by atoms with Gasteiger partial charge in [-0.05, 0) is 30.6 Å². The molecule has 144 valence electrons. The highest BCUT2D eigenvalue weighted by Gasteiger charge is 2.52. The Morgan fingerprint density at radius 3 is 2.73 bits per heavy atom. The summed E-state index contributed by atoms with van der Waals surface area (Å²) in [6.45, 7) is 10.3. The van der Waals surface area contributed by atoms with Gasteiger partial charge in [0.25, 0.3) is 0 Å². The van der Waals surface area contributed by atoms with Crippen LogP contribution in [0, 0.1) is 23.2 Å². The van der Waals surface area contributed by atoms with Crippen molar-refractivity contribution in [3.8, 4) is 0 Å². The van der Waals surface area contributed by atoms with E-state index in [9.17, 15) is 9.59 Å². The highest BCUT2D eigenvalue weighted by molar-refractivity contribution is 5.76. The van der Waals surface area contributed by atoms with Crippen molar-refractivity contribution in [3.63, 3.8) is 0 Å². The van der Waals surface area contributed by atoms with E-state index in [0.29, 0.717) is 5.92 Å². The van der Waals surface area contributed by atoms with E-state index in [-0.39, 0.29) is 35.2 Å². The van der Waals surface area contributed by atoms with Crippen LogP contribution in [0.4, 0.5) is 0 Å². The van der Waals surface area contributed by atoms with Gasteiger partial charge in [0.05, 0.1) is 5.92 Å². The zero-order chi connectivity index (χ0) is 18.5. The van der Waals surface area contributed by atoms with Crippen LogP contribution in [0.25, 0.3) is 0 Å². The summed E-state index contributed by atoms with van der Waals surface area (Å²) in [5.74, 6) is 0.950. The number of esters is 1. The van der Waals surface area contributed by atoms with Gasteiger partial charge in [-0.1, -0.05) is 31.9 Å². The van der Waals surface area contributed by atoms with Crippen LogP contribution in [0.5, 0.6) is 0 Å². The van der Waals surface area contributed by atoms with Gasteiger partial charge in [-0.3, -0.25) is 14.5 Å². The molecule has 2 heterocycles. The Morgan fingerprint density at radius 1 is 1.31 bits per heavy atom. The first-order valence-corrected chi connectivity index (χ1v) is 10.3. The number of amides is 1. The molecule has 3 fully saturated rings. The Morgan fingerprint density at radius 2 is 2.04 bits per heavy atom. The van der Waals surface area contributed by atoms with Gasteiger partial charge in [-0.25, -0.2) is 0 Å². The number of ether oxygens (including phenoxy) is 1. The van der Waals surface area contributed by atoms with Gasteiger partial charge in [0.1, 0.15) is 6.10 Å². The summed E-state index contributed by atoms with van der Waals surface area (Å²) in [5, 5.41) is 0. The molecule has 5 nitrogen and oxygen atoms in total. The number of carbonyl (C=O) groups excluding carboxylic acids is 2. The minimum Gasteiger partial charge on any atom is -0.461 e. The third kappa shape index (κ3) is 3.08. The number of allylic oxidation sites excluding steroid dienone is 1. The zero-order valence-electron chi connectivity index (χ0n) is 16.4. The number of hydrogen-bond donors (Lipinski definition) is 0. The zero-order valence-corrected chi connectivity index (χ0v) is 16.4. The normalized spacial score (nSPS) is 40.5. The number of piperazine rings is 1. The molecule has 0 radical (unpaired) electrons. The smallest absolute Gasteiger partial charge is 0.311 e. The van der Waals surface area contributed by atoms with Gasteiger partial charge in [-0.15, -0.1) is 0 Å². The lowest BCUT2D eigenvalue weighted by molar-refractivity contribution is -0.146. The first-order chi connectivity index (χ1) is 12.4. The molecule has 2 aliphatic carbocycles. The lowest BCUT2D eigenvalue weighted by atomic mass is 9.59. The molecule has 5 unspecified atom stereocenters. The third-order valence-corrected chi connectivity index (χ3v) is 7.35. The van der Waals surface area contributed by atoms with Crippen molar-refractivity contribution < 1.29 is 14.3 Å². The van der Waals surface area contributed by atoms with Crippen molar-refractivity contribution in [2.75, 3.05) is 32.7 Å². The molecule has 26 heavy (non-hydrogen) atoms. The quantitative estimate of drug-likeness (QED) is 0.561. The summed E-state index contributed by atoms with van der Waals surface area (Å²) in [4.78, 5) is 28.4. The number of carbonyl (C=O) groups is 2. The molecule has 0 bridgehead atoms. The van der Waals surface area contributed by atoms with Gasteiger partial charge in [0.2, 0.25) is 5.91 Å². The van der Waals surface area contributed by atoms with Crippen molar-refractivity contribution in [2.24, 2.45) is 23.2 Å². The van der Waals surface area contributed by atoms with Crippen LogP contribution in [-0.2, 0) is 14.3 Å². The van der Waals surface area contributed by atoms with Crippen molar-refractivity contribution in [3.05, 3.63) is 11.6 Å². The topological polar surface area (TPSA) is 49.9 Å². The van der Waals surface area contributed by atoms with Gasteiger partial charge >= 0.3 is 5.97 Å². The maximum absolute atomic E-state index is 12.6. The fourth-order valence-corrected chi connectivity index (χ4v) is 5.78. The van der Waals surface area contributed by atoms with E-state index >= 15 is 0 Å². The minimum atomic E-state index is -0.0462. The summed E-state index contributed by atoms with van der Waals surface area (Å²) in [6, 6.07) is 0. The Balaban J connectivity index is 1.48. The molecular formula is C21H32N2O3. The highest BCUT2D eigenvalue weighted by Crippen LogP contribution is 2.53. The summed E-state index contributed by atoms with van der Waals surface area (Å²) in [7, 11) is 0. The third-order valence-electron chi connectivity index (χ3n) is 7.35. The molecule has 0 aromatic heterocycles. The predicted octanol–water partition coefficient (Wildman–Crippen LogP) is 2.46. The molecule has 0 aromatic carbocycles. The average molecular weight is 360 g/mol. The number of rotatable bonds is 2. The van der Waals surface area contributed by atoms with E-state index in [0.717, 1.165) is 39.1 Å². The standard InChI is InChI=1S/C21H32N2O3/c1-14-5-4-6-21(3)12-19-16(11-18(14)21)17(20(25)26-19)13-22-7-9-23(10-8-22)15(2)24/h11,14,16-17,19H,4-10,12-13H2,1-3H3. The van der Waals surface area contributed by atoms with Crippen molar-refractivity contribution >= 4 is 11.9 Å². The first-order valence-electron chi connectivity index (χ1n) is 10.3. The van der Waals surface area contributed by atoms with E-state index in [2.05, 4.69) is 24.8 Å². The van der Waals surface area contributed by atoms with Crippen molar-refractivity contribution in [1.29, 1.82) is 0 Å². The SMILES string of the molecule is CC(=O)N1CCN(CC2C(=O)OC3CC4(C)CCCC(C)C4=CC32)CC1. The molecule has 0 N–H and O–H groups in total. The average Bonchev–Trinajstić information content (AvgIpc) is 2.88. The van der Waals surface area contributed by atoms with Crippen LogP contribution in [0.1, 0.15) is 46.5 Å². The van der Waals surface area contributed by atoms with Crippen LogP contribution in [0.15, 0.2) is 11.6 Å². The van der Waals surface area contributed by atoms with Crippen molar-refractivity contribution in [2.45, 2.75) is 52.6 Å². The maximum atomic E-state index is 12.6. The second kappa shape index (κ2) is 6.66. The molecule has 2 aliphatic heterocycles.